The fraction of sp³-hybridized carbons (Fsp3) is 0.143. The van der Waals surface area contributed by atoms with Gasteiger partial charge in [-0.25, -0.2) is 9.37 Å². The van der Waals surface area contributed by atoms with E-state index >= 15 is 0 Å². The Kier molecular flexibility index (Phi) is 3.69. The highest BCUT2D eigenvalue weighted by molar-refractivity contribution is 6.30. The van der Waals surface area contributed by atoms with Gasteiger partial charge in [0, 0.05) is 6.07 Å². The Balaban J connectivity index is 2.36. The number of halogens is 3. The Morgan fingerprint density at radius 1 is 1.24 bits per heavy atom. The molecule has 3 rings (SSSR count). The van der Waals surface area contributed by atoms with E-state index in [0.29, 0.717) is 22.9 Å². The molecule has 108 valence electrons. The summed E-state index contributed by atoms with van der Waals surface area (Å²) in [7, 11) is 1.51. The van der Waals surface area contributed by atoms with Crippen molar-refractivity contribution in [1.29, 1.82) is 0 Å². The van der Waals surface area contributed by atoms with E-state index in [0.717, 1.165) is 0 Å². The highest BCUT2D eigenvalue weighted by Gasteiger charge is 2.17. The minimum absolute atomic E-state index is 0.0257. The van der Waals surface area contributed by atoms with Gasteiger partial charge in [-0.05, 0) is 18.2 Å². The number of methoxy groups -OCH3 is 1. The van der Waals surface area contributed by atoms with Crippen molar-refractivity contribution < 1.29 is 9.13 Å². The fourth-order valence-electron chi connectivity index (χ4n) is 2.11. The zero-order valence-electron chi connectivity index (χ0n) is 11.0. The molecule has 21 heavy (non-hydrogen) atoms. The highest BCUT2D eigenvalue weighted by Crippen LogP contribution is 2.27. The molecule has 2 aromatic heterocycles. The molecule has 0 saturated carbocycles. The summed E-state index contributed by atoms with van der Waals surface area (Å²) >= 11 is 11.8. The maximum absolute atomic E-state index is 14.3. The van der Waals surface area contributed by atoms with Crippen LogP contribution < -0.4 is 4.74 Å². The van der Waals surface area contributed by atoms with Crippen molar-refractivity contribution in [3.63, 3.8) is 0 Å². The van der Waals surface area contributed by atoms with Gasteiger partial charge in [0.25, 0.3) is 0 Å². The van der Waals surface area contributed by atoms with Gasteiger partial charge in [-0.2, -0.15) is 4.98 Å². The summed E-state index contributed by atoms with van der Waals surface area (Å²) in [6, 6.07) is 8.17. The Bertz CT molecular complexity index is 819. The molecule has 0 radical (unpaired) electrons. The molecule has 0 bridgehead atoms. The molecule has 0 aliphatic rings. The van der Waals surface area contributed by atoms with Gasteiger partial charge in [-0.15, -0.1) is 11.6 Å². The van der Waals surface area contributed by atoms with Gasteiger partial charge >= 0.3 is 0 Å². The fourth-order valence-corrected chi connectivity index (χ4v) is 2.46. The van der Waals surface area contributed by atoms with E-state index in [9.17, 15) is 4.39 Å². The van der Waals surface area contributed by atoms with Crippen LogP contribution in [0, 0.1) is 5.82 Å². The normalized spacial score (nSPS) is 11.0. The SMILES string of the molecule is COc1ccc2nc(CCl)n(-c3cccc(Cl)c3F)c2n1. The van der Waals surface area contributed by atoms with Crippen molar-refractivity contribution in [1.82, 2.24) is 14.5 Å². The molecular weight excluding hydrogens is 316 g/mol. The smallest absolute Gasteiger partial charge is 0.215 e. The largest absolute Gasteiger partial charge is 0.481 e. The van der Waals surface area contributed by atoms with E-state index < -0.39 is 5.82 Å². The lowest BCUT2D eigenvalue weighted by atomic mass is 10.3. The number of alkyl halides is 1. The number of rotatable bonds is 3. The summed E-state index contributed by atoms with van der Waals surface area (Å²) in [5.74, 6) is 0.459. The second kappa shape index (κ2) is 5.50. The van der Waals surface area contributed by atoms with Gasteiger partial charge in [-0.3, -0.25) is 4.57 Å². The molecule has 4 nitrogen and oxygen atoms in total. The van der Waals surface area contributed by atoms with Crippen LogP contribution in [0.4, 0.5) is 4.39 Å². The first-order chi connectivity index (χ1) is 10.2. The van der Waals surface area contributed by atoms with Crippen LogP contribution in [-0.4, -0.2) is 21.6 Å². The van der Waals surface area contributed by atoms with Gasteiger partial charge in [0.05, 0.1) is 23.7 Å². The molecular formula is C14H10Cl2FN3O. The van der Waals surface area contributed by atoms with Crippen LogP contribution in [0.15, 0.2) is 30.3 Å². The molecule has 1 aromatic carbocycles. The van der Waals surface area contributed by atoms with E-state index in [-0.39, 0.29) is 16.6 Å². The second-order valence-corrected chi connectivity index (χ2v) is 4.94. The van der Waals surface area contributed by atoms with Crippen molar-refractivity contribution in [2.24, 2.45) is 0 Å². The van der Waals surface area contributed by atoms with Gasteiger partial charge in [0.2, 0.25) is 5.88 Å². The molecule has 0 amide bonds. The van der Waals surface area contributed by atoms with E-state index in [1.54, 1.807) is 28.8 Å². The minimum Gasteiger partial charge on any atom is -0.481 e. The van der Waals surface area contributed by atoms with Gasteiger partial charge in [0.1, 0.15) is 11.3 Å². The maximum atomic E-state index is 14.3. The number of imidazole rings is 1. The van der Waals surface area contributed by atoms with Crippen LogP contribution in [0.3, 0.4) is 0 Å². The molecule has 0 unspecified atom stereocenters. The number of nitrogens with zero attached hydrogens (tertiary/aromatic N) is 3. The predicted molar refractivity (Wildman–Crippen MR) is 79.9 cm³/mol. The van der Waals surface area contributed by atoms with Crippen LogP contribution in [0.1, 0.15) is 5.82 Å². The summed E-state index contributed by atoms with van der Waals surface area (Å²) in [6.07, 6.45) is 0. The summed E-state index contributed by atoms with van der Waals surface area (Å²) in [5, 5.41) is 0.0257. The van der Waals surface area contributed by atoms with Gasteiger partial charge in [-0.1, -0.05) is 17.7 Å². The minimum atomic E-state index is -0.547. The molecule has 3 aromatic rings. The number of aromatic nitrogens is 3. The molecule has 0 atom stereocenters. The molecule has 0 N–H and O–H groups in total. The number of hydrogen-bond donors (Lipinski definition) is 0. The molecule has 0 saturated heterocycles. The van der Waals surface area contributed by atoms with Crippen molar-refractivity contribution in [3.05, 3.63) is 47.0 Å². The number of hydrogen-bond acceptors (Lipinski definition) is 3. The van der Waals surface area contributed by atoms with E-state index in [1.807, 2.05) is 0 Å². The van der Waals surface area contributed by atoms with E-state index in [4.69, 9.17) is 27.9 Å². The van der Waals surface area contributed by atoms with E-state index in [1.165, 1.54) is 13.2 Å². The Morgan fingerprint density at radius 3 is 2.76 bits per heavy atom. The third-order valence-corrected chi connectivity index (χ3v) is 3.58. The van der Waals surface area contributed by atoms with Gasteiger partial charge in [0.15, 0.2) is 11.5 Å². The van der Waals surface area contributed by atoms with Crippen LogP contribution in [-0.2, 0) is 5.88 Å². The number of ether oxygens (including phenoxy) is 1. The molecule has 0 spiro atoms. The molecule has 2 heterocycles. The van der Waals surface area contributed by atoms with Crippen LogP contribution in [0.5, 0.6) is 5.88 Å². The number of benzene rings is 1. The lowest BCUT2D eigenvalue weighted by Crippen LogP contribution is -2.03. The summed E-state index contributed by atoms with van der Waals surface area (Å²) in [6.45, 7) is 0. The van der Waals surface area contributed by atoms with Crippen molar-refractivity contribution in [3.8, 4) is 11.6 Å². The van der Waals surface area contributed by atoms with Gasteiger partial charge < -0.3 is 4.74 Å². The summed E-state index contributed by atoms with van der Waals surface area (Å²) < 4.78 is 21.0. The monoisotopic (exact) mass is 325 g/mol. The predicted octanol–water partition coefficient (Wildman–Crippen LogP) is 3.96. The highest BCUT2D eigenvalue weighted by atomic mass is 35.5. The summed E-state index contributed by atoms with van der Waals surface area (Å²) in [5.41, 5.74) is 1.32. The summed E-state index contributed by atoms with van der Waals surface area (Å²) in [4.78, 5) is 8.68. The molecule has 0 fully saturated rings. The third-order valence-electron chi connectivity index (χ3n) is 3.05. The van der Waals surface area contributed by atoms with E-state index in [2.05, 4.69) is 9.97 Å². The maximum Gasteiger partial charge on any atom is 0.215 e. The molecule has 0 aliphatic carbocycles. The molecule has 7 heteroatoms. The average molecular weight is 326 g/mol. The average Bonchev–Trinajstić information content (AvgIpc) is 2.87. The van der Waals surface area contributed by atoms with Crippen LogP contribution >= 0.6 is 23.2 Å². The Labute approximate surface area is 130 Å². The molecule has 0 aliphatic heterocycles. The lowest BCUT2D eigenvalue weighted by Gasteiger charge is -2.09. The Morgan fingerprint density at radius 2 is 2.05 bits per heavy atom. The standard InChI is InChI=1S/C14H10Cl2FN3O/c1-21-12-6-5-9-14(19-12)20(11(7-15)18-9)10-4-2-3-8(16)13(10)17/h2-6H,7H2,1H3. The number of pyridine rings is 1. The third kappa shape index (κ3) is 2.32. The van der Waals surface area contributed by atoms with Crippen molar-refractivity contribution in [2.45, 2.75) is 5.88 Å². The van der Waals surface area contributed by atoms with Crippen molar-refractivity contribution in [2.75, 3.05) is 7.11 Å². The van der Waals surface area contributed by atoms with Crippen LogP contribution in [0.25, 0.3) is 16.9 Å². The topological polar surface area (TPSA) is 39.9 Å². The van der Waals surface area contributed by atoms with Crippen molar-refractivity contribution >= 4 is 34.4 Å². The zero-order chi connectivity index (χ0) is 15.0. The first-order valence-electron chi connectivity index (χ1n) is 6.08. The first-order valence-corrected chi connectivity index (χ1v) is 6.99. The quantitative estimate of drug-likeness (QED) is 0.684. The lowest BCUT2D eigenvalue weighted by molar-refractivity contribution is 0.399. The zero-order valence-corrected chi connectivity index (χ0v) is 12.5. The number of fused-ring (bicyclic) bond motifs is 1. The Hall–Kier alpha value is -1.85. The van der Waals surface area contributed by atoms with Crippen LogP contribution in [0.2, 0.25) is 5.02 Å². The second-order valence-electron chi connectivity index (χ2n) is 4.27. The first kappa shape index (κ1) is 14.1.